The van der Waals surface area contributed by atoms with Crippen LogP contribution in [0, 0.1) is 0 Å². The highest BCUT2D eigenvalue weighted by atomic mass is 35.5. The van der Waals surface area contributed by atoms with Crippen LogP contribution in [0.1, 0.15) is 21.5 Å². The van der Waals surface area contributed by atoms with Gasteiger partial charge >= 0.3 is 0 Å². The number of carbonyl (C=O) groups is 1. The Morgan fingerprint density at radius 2 is 1.56 bits per heavy atom. The van der Waals surface area contributed by atoms with Crippen molar-refractivity contribution in [2.24, 2.45) is 0 Å². The number of rotatable bonds is 6. The third-order valence-corrected chi connectivity index (χ3v) is 3.95. The molecule has 124 valence electrons. The van der Waals surface area contributed by atoms with Crippen molar-refractivity contribution in [3.05, 3.63) is 107 Å². The van der Waals surface area contributed by atoms with Gasteiger partial charge in [-0.2, -0.15) is 0 Å². The number of ether oxygens (including phenoxy) is 1. The minimum atomic E-state index is -0.0342. The average Bonchev–Trinajstić information content (AvgIpc) is 2.67. The lowest BCUT2D eigenvalue weighted by Crippen LogP contribution is -1.97. The Labute approximate surface area is 152 Å². The number of allylic oxidation sites excluding steroid dienone is 1. The van der Waals surface area contributed by atoms with Gasteiger partial charge in [0.15, 0.2) is 5.78 Å². The lowest BCUT2D eigenvalue weighted by molar-refractivity contribution is 0.104. The molecule has 0 aliphatic rings. The second-order valence-electron chi connectivity index (χ2n) is 5.52. The summed E-state index contributed by atoms with van der Waals surface area (Å²) in [6, 6.07) is 24.4. The Morgan fingerprint density at radius 3 is 2.32 bits per heavy atom. The van der Waals surface area contributed by atoms with E-state index in [0.717, 1.165) is 16.9 Å². The number of hydrogen-bond acceptors (Lipinski definition) is 2. The van der Waals surface area contributed by atoms with Crippen molar-refractivity contribution < 1.29 is 9.53 Å². The van der Waals surface area contributed by atoms with E-state index in [1.807, 2.05) is 66.7 Å². The summed E-state index contributed by atoms with van der Waals surface area (Å²) in [6.07, 6.45) is 3.35. The number of carbonyl (C=O) groups excluding carboxylic acids is 1. The Bertz CT molecular complexity index is 868. The fraction of sp³-hybridized carbons (Fsp3) is 0.0455. The molecule has 2 nitrogen and oxygen atoms in total. The highest BCUT2D eigenvalue weighted by Crippen LogP contribution is 2.21. The van der Waals surface area contributed by atoms with Gasteiger partial charge in [-0.25, -0.2) is 0 Å². The summed E-state index contributed by atoms with van der Waals surface area (Å²) in [6.45, 7) is 0.439. The Morgan fingerprint density at radius 1 is 0.880 bits per heavy atom. The predicted molar refractivity (Wildman–Crippen MR) is 102 cm³/mol. The SMILES string of the molecule is O=C(/C=C/c1ccccc1OCc1ccc(Cl)cc1)c1ccccc1. The van der Waals surface area contributed by atoms with E-state index in [2.05, 4.69) is 0 Å². The lowest BCUT2D eigenvalue weighted by atomic mass is 10.1. The molecule has 0 N–H and O–H groups in total. The monoisotopic (exact) mass is 348 g/mol. The van der Waals surface area contributed by atoms with Gasteiger partial charge in [-0.1, -0.05) is 72.3 Å². The minimum absolute atomic E-state index is 0.0342. The molecule has 0 amide bonds. The van der Waals surface area contributed by atoms with Crippen LogP contribution < -0.4 is 4.74 Å². The second kappa shape index (κ2) is 8.32. The van der Waals surface area contributed by atoms with E-state index < -0.39 is 0 Å². The quantitative estimate of drug-likeness (QED) is 0.414. The van der Waals surface area contributed by atoms with Crippen molar-refractivity contribution in [3.63, 3.8) is 0 Å². The molecule has 0 saturated carbocycles. The van der Waals surface area contributed by atoms with Gasteiger partial charge in [0.25, 0.3) is 0 Å². The number of ketones is 1. The highest BCUT2D eigenvalue weighted by molar-refractivity contribution is 6.30. The van der Waals surface area contributed by atoms with Crippen molar-refractivity contribution in [2.75, 3.05) is 0 Å². The summed E-state index contributed by atoms with van der Waals surface area (Å²) < 4.78 is 5.90. The Balaban J connectivity index is 1.71. The first kappa shape index (κ1) is 17.0. The molecule has 0 radical (unpaired) electrons. The summed E-state index contributed by atoms with van der Waals surface area (Å²) >= 11 is 5.89. The van der Waals surface area contributed by atoms with Crippen molar-refractivity contribution in [1.82, 2.24) is 0 Å². The molecule has 25 heavy (non-hydrogen) atoms. The van der Waals surface area contributed by atoms with Crippen LogP contribution >= 0.6 is 11.6 Å². The third kappa shape index (κ3) is 4.82. The number of hydrogen-bond donors (Lipinski definition) is 0. The van der Waals surface area contributed by atoms with Crippen LogP contribution in [0.3, 0.4) is 0 Å². The van der Waals surface area contributed by atoms with Gasteiger partial charge in [0, 0.05) is 16.1 Å². The fourth-order valence-corrected chi connectivity index (χ4v) is 2.48. The molecule has 0 spiro atoms. The van der Waals surface area contributed by atoms with Gasteiger partial charge in [-0.3, -0.25) is 4.79 Å². The van der Waals surface area contributed by atoms with Crippen LogP contribution in [0.2, 0.25) is 5.02 Å². The molecule has 3 rings (SSSR count). The molecule has 0 fully saturated rings. The Hall–Kier alpha value is -2.84. The van der Waals surface area contributed by atoms with Crippen LogP contribution in [0.15, 0.2) is 84.9 Å². The molecule has 3 aromatic rings. The predicted octanol–water partition coefficient (Wildman–Crippen LogP) is 5.82. The molecule has 3 heteroatoms. The maximum atomic E-state index is 12.2. The van der Waals surface area contributed by atoms with Crippen LogP contribution in [-0.2, 0) is 6.61 Å². The normalized spacial score (nSPS) is 10.8. The molecule has 3 aromatic carbocycles. The van der Waals surface area contributed by atoms with Crippen molar-refractivity contribution >= 4 is 23.5 Å². The summed E-state index contributed by atoms with van der Waals surface area (Å²) in [5.74, 6) is 0.697. The van der Waals surface area contributed by atoms with Crippen molar-refractivity contribution in [1.29, 1.82) is 0 Å². The van der Waals surface area contributed by atoms with Crippen molar-refractivity contribution in [2.45, 2.75) is 6.61 Å². The van der Waals surface area contributed by atoms with Gasteiger partial charge in [-0.05, 0) is 35.9 Å². The van der Waals surface area contributed by atoms with E-state index in [4.69, 9.17) is 16.3 Å². The maximum absolute atomic E-state index is 12.2. The minimum Gasteiger partial charge on any atom is -0.488 e. The topological polar surface area (TPSA) is 26.3 Å². The van der Waals surface area contributed by atoms with E-state index in [9.17, 15) is 4.79 Å². The van der Waals surface area contributed by atoms with E-state index >= 15 is 0 Å². The standard InChI is InChI=1S/C22H17ClO2/c23-20-13-10-17(11-14-20)16-25-22-9-5-4-8-19(22)12-15-21(24)18-6-2-1-3-7-18/h1-15H,16H2/b15-12+. The molecular weight excluding hydrogens is 332 g/mol. The summed E-state index contributed by atoms with van der Waals surface area (Å²) in [7, 11) is 0. The molecule has 0 heterocycles. The summed E-state index contributed by atoms with van der Waals surface area (Å²) in [5, 5.41) is 0.700. The number of halogens is 1. The molecule has 0 saturated heterocycles. The largest absolute Gasteiger partial charge is 0.488 e. The van der Waals surface area contributed by atoms with Gasteiger partial charge in [-0.15, -0.1) is 0 Å². The van der Waals surface area contributed by atoms with Gasteiger partial charge in [0.2, 0.25) is 0 Å². The van der Waals surface area contributed by atoms with Crippen LogP contribution in [-0.4, -0.2) is 5.78 Å². The van der Waals surface area contributed by atoms with Gasteiger partial charge in [0.05, 0.1) is 0 Å². The number of benzene rings is 3. The van der Waals surface area contributed by atoms with Crippen LogP contribution in [0.4, 0.5) is 0 Å². The molecule has 0 atom stereocenters. The van der Waals surface area contributed by atoms with E-state index in [1.165, 1.54) is 0 Å². The molecular formula is C22H17ClO2. The first-order valence-electron chi connectivity index (χ1n) is 7.96. The van der Waals surface area contributed by atoms with E-state index in [0.29, 0.717) is 17.2 Å². The number of para-hydroxylation sites is 1. The zero-order valence-electron chi connectivity index (χ0n) is 13.6. The second-order valence-corrected chi connectivity index (χ2v) is 5.95. The van der Waals surface area contributed by atoms with Gasteiger partial charge in [0.1, 0.15) is 12.4 Å². The lowest BCUT2D eigenvalue weighted by Gasteiger charge is -2.09. The van der Waals surface area contributed by atoms with Crippen LogP contribution in [0.5, 0.6) is 5.75 Å². The first-order valence-corrected chi connectivity index (χ1v) is 8.34. The molecule has 0 aliphatic carbocycles. The third-order valence-electron chi connectivity index (χ3n) is 3.70. The van der Waals surface area contributed by atoms with Crippen molar-refractivity contribution in [3.8, 4) is 5.75 Å². The average molecular weight is 349 g/mol. The summed E-state index contributed by atoms with van der Waals surface area (Å²) in [5.41, 5.74) is 2.56. The molecule has 0 aromatic heterocycles. The fourth-order valence-electron chi connectivity index (χ4n) is 2.36. The highest BCUT2D eigenvalue weighted by Gasteiger charge is 2.03. The smallest absolute Gasteiger partial charge is 0.185 e. The van der Waals surface area contributed by atoms with Crippen LogP contribution in [0.25, 0.3) is 6.08 Å². The van der Waals surface area contributed by atoms with E-state index in [-0.39, 0.29) is 5.78 Å². The molecule has 0 unspecified atom stereocenters. The Kier molecular flexibility index (Phi) is 5.65. The first-order chi connectivity index (χ1) is 12.2. The summed E-state index contributed by atoms with van der Waals surface area (Å²) in [4.78, 5) is 12.2. The zero-order chi connectivity index (χ0) is 17.5. The zero-order valence-corrected chi connectivity index (χ0v) is 14.3. The maximum Gasteiger partial charge on any atom is 0.185 e. The molecule has 0 bridgehead atoms. The molecule has 0 aliphatic heterocycles. The van der Waals surface area contributed by atoms with E-state index in [1.54, 1.807) is 24.3 Å². The van der Waals surface area contributed by atoms with Gasteiger partial charge < -0.3 is 4.74 Å².